The maximum absolute atomic E-state index is 13.5. The molecular formula is C11H8F5NO2. The molecule has 1 aromatic carbocycles. The fourth-order valence-electron chi connectivity index (χ4n) is 1.67. The average Bonchev–Trinajstić information content (AvgIpc) is 3.05. The highest BCUT2D eigenvalue weighted by Gasteiger charge is 2.63. The molecular weight excluding hydrogens is 273 g/mol. The van der Waals surface area contributed by atoms with Crippen LogP contribution in [0.5, 0.6) is 0 Å². The lowest BCUT2D eigenvalue weighted by Gasteiger charge is -2.22. The molecule has 0 aromatic heterocycles. The molecule has 1 aliphatic rings. The Morgan fingerprint density at radius 1 is 1.21 bits per heavy atom. The van der Waals surface area contributed by atoms with E-state index < -0.39 is 40.6 Å². The highest BCUT2D eigenvalue weighted by Crippen LogP contribution is 2.51. The van der Waals surface area contributed by atoms with Gasteiger partial charge in [-0.2, -0.15) is 13.2 Å². The number of anilines is 1. The summed E-state index contributed by atoms with van der Waals surface area (Å²) in [5.41, 5.74) is -3.87. The second-order valence-electron chi connectivity index (χ2n) is 4.30. The summed E-state index contributed by atoms with van der Waals surface area (Å²) in [6.45, 7) is 0. The molecule has 0 amide bonds. The molecule has 0 atom stereocenters. The van der Waals surface area contributed by atoms with E-state index in [1.807, 2.05) is 5.32 Å². The van der Waals surface area contributed by atoms with E-state index in [1.54, 1.807) is 0 Å². The van der Waals surface area contributed by atoms with Crippen molar-refractivity contribution < 1.29 is 31.9 Å². The first-order valence-electron chi connectivity index (χ1n) is 5.24. The zero-order valence-electron chi connectivity index (χ0n) is 9.31. The van der Waals surface area contributed by atoms with E-state index in [1.165, 1.54) is 0 Å². The van der Waals surface area contributed by atoms with E-state index >= 15 is 0 Å². The van der Waals surface area contributed by atoms with Crippen LogP contribution in [0, 0.1) is 11.6 Å². The maximum Gasteiger partial charge on any atom is 0.411 e. The first-order valence-corrected chi connectivity index (χ1v) is 5.24. The lowest BCUT2D eigenvalue weighted by molar-refractivity contribution is -0.151. The van der Waals surface area contributed by atoms with Gasteiger partial charge in [0, 0.05) is 0 Å². The van der Waals surface area contributed by atoms with Crippen LogP contribution in [0.25, 0.3) is 0 Å². The minimum Gasteiger partial charge on any atom is -0.478 e. The summed E-state index contributed by atoms with van der Waals surface area (Å²) in [5, 5.41) is 10.5. The van der Waals surface area contributed by atoms with E-state index in [2.05, 4.69) is 0 Å². The minimum absolute atomic E-state index is 0.238. The van der Waals surface area contributed by atoms with E-state index in [0.29, 0.717) is 0 Å². The highest BCUT2D eigenvalue weighted by molar-refractivity contribution is 5.88. The van der Waals surface area contributed by atoms with Gasteiger partial charge < -0.3 is 10.4 Å². The maximum atomic E-state index is 13.5. The molecule has 8 heteroatoms. The summed E-state index contributed by atoms with van der Waals surface area (Å²) in [5.74, 6) is -5.01. The van der Waals surface area contributed by atoms with Crippen molar-refractivity contribution >= 4 is 11.7 Å². The van der Waals surface area contributed by atoms with Gasteiger partial charge in [-0.25, -0.2) is 13.6 Å². The number of benzene rings is 1. The third kappa shape index (κ3) is 2.22. The van der Waals surface area contributed by atoms with Gasteiger partial charge in [0.05, 0.1) is 11.3 Å². The van der Waals surface area contributed by atoms with Gasteiger partial charge in [0.25, 0.3) is 0 Å². The van der Waals surface area contributed by atoms with Gasteiger partial charge in [-0.1, -0.05) is 0 Å². The molecule has 1 aromatic rings. The molecule has 19 heavy (non-hydrogen) atoms. The van der Waals surface area contributed by atoms with Gasteiger partial charge in [0.2, 0.25) is 0 Å². The molecule has 1 saturated carbocycles. The van der Waals surface area contributed by atoms with Crippen LogP contribution in [-0.4, -0.2) is 22.8 Å². The lowest BCUT2D eigenvalue weighted by atomic mass is 10.1. The zero-order valence-corrected chi connectivity index (χ0v) is 9.31. The van der Waals surface area contributed by atoms with E-state index in [-0.39, 0.29) is 12.8 Å². The summed E-state index contributed by atoms with van der Waals surface area (Å²) in [7, 11) is 0. The zero-order chi connectivity index (χ0) is 14.4. The molecule has 0 bridgehead atoms. The fourth-order valence-corrected chi connectivity index (χ4v) is 1.67. The summed E-state index contributed by atoms with van der Waals surface area (Å²) in [4.78, 5) is 10.5. The molecule has 0 heterocycles. The van der Waals surface area contributed by atoms with Crippen LogP contribution in [0.3, 0.4) is 0 Å². The standard InChI is InChI=1S/C11H8F5NO2/c12-7-5(9(18)19)1-2-6(8(7)13)17-10(3-4-10)11(14,15)16/h1-2,17H,3-4H2,(H,18,19). The van der Waals surface area contributed by atoms with Gasteiger partial charge in [-0.05, 0) is 25.0 Å². The number of alkyl halides is 3. The quantitative estimate of drug-likeness (QED) is 0.837. The lowest BCUT2D eigenvalue weighted by Crippen LogP contribution is -2.39. The Kier molecular flexibility index (Phi) is 2.91. The van der Waals surface area contributed by atoms with Gasteiger partial charge >= 0.3 is 12.1 Å². The van der Waals surface area contributed by atoms with Crippen molar-refractivity contribution in [3.8, 4) is 0 Å². The van der Waals surface area contributed by atoms with Gasteiger partial charge in [-0.3, -0.25) is 0 Å². The summed E-state index contributed by atoms with van der Waals surface area (Å²) >= 11 is 0. The number of carboxylic acids is 1. The largest absolute Gasteiger partial charge is 0.478 e. The monoisotopic (exact) mass is 281 g/mol. The third-order valence-electron chi connectivity index (χ3n) is 2.98. The Morgan fingerprint density at radius 3 is 2.21 bits per heavy atom. The Balaban J connectivity index is 2.33. The van der Waals surface area contributed by atoms with Crippen molar-refractivity contribution in [1.29, 1.82) is 0 Å². The third-order valence-corrected chi connectivity index (χ3v) is 2.98. The number of rotatable bonds is 3. The topological polar surface area (TPSA) is 49.3 Å². The molecule has 104 valence electrons. The van der Waals surface area contributed by atoms with Crippen LogP contribution in [-0.2, 0) is 0 Å². The van der Waals surface area contributed by atoms with Crippen molar-refractivity contribution in [3.05, 3.63) is 29.3 Å². The number of carbonyl (C=O) groups is 1. The summed E-state index contributed by atoms with van der Waals surface area (Å²) in [6.07, 6.45) is -5.06. The van der Waals surface area contributed by atoms with Crippen LogP contribution in [0.15, 0.2) is 12.1 Å². The first-order chi connectivity index (χ1) is 8.68. The second kappa shape index (κ2) is 4.07. The molecule has 0 unspecified atom stereocenters. The van der Waals surface area contributed by atoms with E-state index in [4.69, 9.17) is 5.11 Å². The molecule has 0 radical (unpaired) electrons. The molecule has 2 rings (SSSR count). The highest BCUT2D eigenvalue weighted by atomic mass is 19.4. The molecule has 1 aliphatic carbocycles. The van der Waals surface area contributed by atoms with Gasteiger partial charge in [0.1, 0.15) is 5.54 Å². The second-order valence-corrected chi connectivity index (χ2v) is 4.30. The van der Waals surface area contributed by atoms with Crippen LogP contribution < -0.4 is 5.32 Å². The van der Waals surface area contributed by atoms with Crippen LogP contribution in [0.1, 0.15) is 23.2 Å². The summed E-state index contributed by atoms with van der Waals surface area (Å²) < 4.78 is 64.8. The molecule has 0 aliphatic heterocycles. The normalized spacial score (nSPS) is 17.1. The molecule has 1 fully saturated rings. The Bertz CT molecular complexity index is 537. The van der Waals surface area contributed by atoms with Crippen LogP contribution in [0.2, 0.25) is 0 Å². The van der Waals surface area contributed by atoms with Crippen LogP contribution >= 0.6 is 0 Å². The molecule has 2 N–H and O–H groups in total. The molecule has 3 nitrogen and oxygen atoms in total. The molecule has 0 saturated heterocycles. The van der Waals surface area contributed by atoms with Crippen molar-refractivity contribution in [1.82, 2.24) is 0 Å². The van der Waals surface area contributed by atoms with E-state index in [0.717, 1.165) is 12.1 Å². The smallest absolute Gasteiger partial charge is 0.411 e. The number of hydrogen-bond acceptors (Lipinski definition) is 2. The Morgan fingerprint density at radius 2 is 1.79 bits per heavy atom. The minimum atomic E-state index is -4.58. The van der Waals surface area contributed by atoms with Crippen molar-refractivity contribution in [3.63, 3.8) is 0 Å². The number of carboxylic acid groups (broad SMARTS) is 1. The van der Waals surface area contributed by atoms with Crippen LogP contribution in [0.4, 0.5) is 27.6 Å². The van der Waals surface area contributed by atoms with Crippen molar-refractivity contribution in [2.45, 2.75) is 24.6 Å². The van der Waals surface area contributed by atoms with Crippen molar-refractivity contribution in [2.24, 2.45) is 0 Å². The SMILES string of the molecule is O=C(O)c1ccc(NC2(C(F)(F)F)CC2)c(F)c1F. The number of halogens is 5. The van der Waals surface area contributed by atoms with E-state index in [9.17, 15) is 26.7 Å². The Labute approximate surface area is 104 Å². The van der Waals surface area contributed by atoms with Crippen molar-refractivity contribution in [2.75, 3.05) is 5.32 Å². The summed E-state index contributed by atoms with van der Waals surface area (Å²) in [6, 6.07) is 1.50. The van der Waals surface area contributed by atoms with Gasteiger partial charge in [-0.15, -0.1) is 0 Å². The average molecular weight is 281 g/mol. The number of aromatic carboxylic acids is 1. The number of hydrogen-bond donors (Lipinski definition) is 2. The fraction of sp³-hybridized carbons (Fsp3) is 0.364. The van der Waals surface area contributed by atoms with Gasteiger partial charge in [0.15, 0.2) is 11.6 Å². The molecule has 0 spiro atoms. The predicted octanol–water partition coefficient (Wildman–Crippen LogP) is 3.17. The Hall–Kier alpha value is -1.86. The predicted molar refractivity (Wildman–Crippen MR) is 55.0 cm³/mol. The number of nitrogens with one attached hydrogen (secondary N) is 1. The first kappa shape index (κ1) is 13.6.